The summed E-state index contributed by atoms with van der Waals surface area (Å²) in [5.74, 6) is 0. The molecule has 1 aromatic carbocycles. The van der Waals surface area contributed by atoms with Crippen molar-refractivity contribution in [1.82, 2.24) is 4.72 Å². The van der Waals surface area contributed by atoms with Crippen LogP contribution in [0.5, 0.6) is 0 Å². The lowest BCUT2D eigenvalue weighted by Gasteiger charge is -2.17. The zero-order valence-electron chi connectivity index (χ0n) is 11.0. The monoisotopic (exact) mass is 340 g/mol. The highest BCUT2D eigenvalue weighted by molar-refractivity contribution is 7.99. The van der Waals surface area contributed by atoms with Gasteiger partial charge in [-0.3, -0.25) is 0 Å². The second-order valence-electron chi connectivity index (χ2n) is 5.17. The average molecular weight is 341 g/mol. The molecule has 1 aliphatic heterocycles. The molecule has 1 heterocycles. The van der Waals surface area contributed by atoms with Crippen LogP contribution in [0.4, 0.5) is 13.2 Å². The molecule has 3 N–H and O–H groups in total. The van der Waals surface area contributed by atoms with Gasteiger partial charge in [-0.15, -0.1) is 0 Å². The molecule has 0 atom stereocenters. The summed E-state index contributed by atoms with van der Waals surface area (Å²) >= 11 is 5.61. The second kappa shape index (κ2) is 4.62. The Morgan fingerprint density at radius 2 is 1.86 bits per heavy atom. The van der Waals surface area contributed by atoms with Gasteiger partial charge in [0.1, 0.15) is 4.91 Å². The third-order valence-electron chi connectivity index (χ3n) is 3.11. The van der Waals surface area contributed by atoms with Crippen LogP contribution in [0.25, 0.3) is 4.91 Å². The minimum absolute atomic E-state index is 0.0172. The van der Waals surface area contributed by atoms with Gasteiger partial charge in [0.15, 0.2) is 0 Å². The Hall–Kier alpha value is -1.25. The Morgan fingerprint density at radius 3 is 2.24 bits per heavy atom. The van der Waals surface area contributed by atoms with Crippen molar-refractivity contribution in [2.45, 2.75) is 25.6 Å². The van der Waals surface area contributed by atoms with Crippen LogP contribution < -0.4 is 10.5 Å². The molecule has 4 nitrogen and oxygen atoms in total. The molecule has 0 unspecified atom stereocenters. The molecule has 0 aromatic heterocycles. The summed E-state index contributed by atoms with van der Waals surface area (Å²) in [6.45, 7) is 3.11. The van der Waals surface area contributed by atoms with Crippen molar-refractivity contribution in [3.05, 3.63) is 40.0 Å². The Labute approximate surface area is 124 Å². The number of nitrogens with one attached hydrogen (secondary N) is 1. The lowest BCUT2D eigenvalue weighted by molar-refractivity contribution is -0.137. The van der Waals surface area contributed by atoms with Crippen LogP contribution >= 0.6 is 11.6 Å². The van der Waals surface area contributed by atoms with Gasteiger partial charge in [-0.1, -0.05) is 17.7 Å². The van der Waals surface area contributed by atoms with Crippen molar-refractivity contribution in [1.29, 1.82) is 0 Å². The Bertz CT molecular complexity index is 739. The van der Waals surface area contributed by atoms with Gasteiger partial charge in [-0.2, -0.15) is 17.9 Å². The third-order valence-corrected chi connectivity index (χ3v) is 5.20. The minimum atomic E-state index is -4.61. The van der Waals surface area contributed by atoms with Crippen LogP contribution in [0, 0.1) is 0 Å². The Kier molecular flexibility index (Phi) is 3.55. The largest absolute Gasteiger partial charge is 0.417 e. The number of hydrogen-bond donors (Lipinski definition) is 2. The molecule has 21 heavy (non-hydrogen) atoms. The van der Waals surface area contributed by atoms with Crippen molar-refractivity contribution in [2.24, 2.45) is 5.73 Å². The highest BCUT2D eigenvalue weighted by atomic mass is 35.5. The van der Waals surface area contributed by atoms with E-state index in [9.17, 15) is 21.6 Å². The number of nitrogens with two attached hydrogens (primary N) is 1. The van der Waals surface area contributed by atoms with Crippen molar-refractivity contribution in [3.63, 3.8) is 0 Å². The number of halogens is 4. The standard InChI is InChI=1S/C12H12ClF3N2O2S/c1-11(2)10(17)9(21(19,20)18-11)6-3-4-7(8(13)5-6)12(14,15)16/h3-5,18H,17H2,1-2H3. The summed E-state index contributed by atoms with van der Waals surface area (Å²) < 4.78 is 64.4. The third kappa shape index (κ3) is 2.75. The molecule has 0 radical (unpaired) electrons. The fourth-order valence-electron chi connectivity index (χ4n) is 2.07. The normalized spacial score (nSPS) is 20.9. The summed E-state index contributed by atoms with van der Waals surface area (Å²) in [6.07, 6.45) is -4.61. The van der Waals surface area contributed by atoms with Crippen LogP contribution in [0.15, 0.2) is 23.9 Å². The molecular formula is C12H12ClF3N2O2S. The summed E-state index contributed by atoms with van der Waals surface area (Å²) in [5, 5.41) is -0.583. The van der Waals surface area contributed by atoms with E-state index in [4.69, 9.17) is 17.3 Å². The molecule has 0 fully saturated rings. The van der Waals surface area contributed by atoms with E-state index in [1.165, 1.54) is 0 Å². The molecule has 116 valence electrons. The average Bonchev–Trinajstić information content (AvgIpc) is 2.41. The lowest BCUT2D eigenvalue weighted by atomic mass is 10.00. The molecule has 1 aromatic rings. The van der Waals surface area contributed by atoms with E-state index in [2.05, 4.69) is 4.72 Å². The zero-order valence-corrected chi connectivity index (χ0v) is 12.6. The van der Waals surface area contributed by atoms with E-state index in [1.807, 2.05) is 0 Å². The van der Waals surface area contributed by atoms with Gasteiger partial charge in [0.25, 0.3) is 0 Å². The molecule has 0 aliphatic carbocycles. The van der Waals surface area contributed by atoms with Crippen LogP contribution in [0.3, 0.4) is 0 Å². The van der Waals surface area contributed by atoms with Crippen molar-refractivity contribution in [2.75, 3.05) is 0 Å². The smallest absolute Gasteiger partial charge is 0.399 e. The van der Waals surface area contributed by atoms with E-state index >= 15 is 0 Å². The summed E-state index contributed by atoms with van der Waals surface area (Å²) in [4.78, 5) is -0.247. The van der Waals surface area contributed by atoms with Gasteiger partial charge >= 0.3 is 6.18 Å². The lowest BCUT2D eigenvalue weighted by Crippen LogP contribution is -2.40. The first kappa shape index (κ1) is 16.1. The Balaban J connectivity index is 2.64. The van der Waals surface area contributed by atoms with Gasteiger partial charge < -0.3 is 5.73 Å². The molecule has 0 spiro atoms. The van der Waals surface area contributed by atoms with Crippen LogP contribution in [-0.2, 0) is 16.2 Å². The number of benzene rings is 1. The van der Waals surface area contributed by atoms with Crippen molar-refractivity contribution >= 4 is 26.5 Å². The number of sulfonamides is 1. The fraction of sp³-hybridized carbons (Fsp3) is 0.333. The Morgan fingerprint density at radius 1 is 1.29 bits per heavy atom. The first-order chi connectivity index (χ1) is 9.36. The van der Waals surface area contributed by atoms with E-state index in [-0.39, 0.29) is 16.2 Å². The quantitative estimate of drug-likeness (QED) is 0.825. The van der Waals surface area contributed by atoms with Gasteiger partial charge in [0.05, 0.1) is 16.1 Å². The molecule has 0 bridgehead atoms. The maximum atomic E-state index is 12.7. The van der Waals surface area contributed by atoms with Crippen LogP contribution in [0.2, 0.25) is 5.02 Å². The molecule has 0 amide bonds. The van der Waals surface area contributed by atoms with Gasteiger partial charge in [0, 0.05) is 5.70 Å². The van der Waals surface area contributed by atoms with Gasteiger partial charge in [0.2, 0.25) is 10.0 Å². The minimum Gasteiger partial charge on any atom is -0.399 e. The first-order valence-corrected chi connectivity index (χ1v) is 7.64. The van der Waals surface area contributed by atoms with Crippen molar-refractivity contribution < 1.29 is 21.6 Å². The van der Waals surface area contributed by atoms with Gasteiger partial charge in [-0.25, -0.2) is 8.42 Å². The van der Waals surface area contributed by atoms with E-state index in [0.717, 1.165) is 18.2 Å². The number of hydrogen-bond acceptors (Lipinski definition) is 3. The zero-order chi connectivity index (χ0) is 16.2. The topological polar surface area (TPSA) is 72.2 Å². The van der Waals surface area contributed by atoms with E-state index in [0.29, 0.717) is 0 Å². The molecule has 0 saturated heterocycles. The summed E-state index contributed by atoms with van der Waals surface area (Å²) in [6, 6.07) is 2.73. The maximum absolute atomic E-state index is 12.7. The van der Waals surface area contributed by atoms with Gasteiger partial charge in [-0.05, 0) is 31.5 Å². The SMILES string of the molecule is CC1(C)NS(=O)(=O)C(c2ccc(C(F)(F)F)c(Cl)c2)=C1N. The molecular weight excluding hydrogens is 329 g/mol. The molecule has 0 saturated carbocycles. The fourth-order valence-corrected chi connectivity index (χ4v) is 4.22. The van der Waals surface area contributed by atoms with Crippen molar-refractivity contribution in [3.8, 4) is 0 Å². The second-order valence-corrected chi connectivity index (χ2v) is 7.19. The number of alkyl halides is 3. The molecule has 2 rings (SSSR count). The first-order valence-electron chi connectivity index (χ1n) is 5.77. The molecule has 9 heteroatoms. The van der Waals surface area contributed by atoms with E-state index in [1.54, 1.807) is 13.8 Å². The summed E-state index contributed by atoms with van der Waals surface area (Å²) in [5.41, 5.74) is 3.81. The van der Waals surface area contributed by atoms with Crippen LogP contribution in [0.1, 0.15) is 25.0 Å². The molecule has 1 aliphatic rings. The predicted molar refractivity (Wildman–Crippen MR) is 73.7 cm³/mol. The highest BCUT2D eigenvalue weighted by Gasteiger charge is 2.42. The predicted octanol–water partition coefficient (Wildman–Crippen LogP) is 2.70. The van der Waals surface area contributed by atoms with Crippen LogP contribution in [-0.4, -0.2) is 14.0 Å². The maximum Gasteiger partial charge on any atom is 0.417 e. The number of rotatable bonds is 1. The van der Waals surface area contributed by atoms with E-state index < -0.39 is 32.3 Å². The highest BCUT2D eigenvalue weighted by Crippen LogP contribution is 2.39. The summed E-state index contributed by atoms with van der Waals surface area (Å²) in [7, 11) is -3.90.